The van der Waals surface area contributed by atoms with Crippen LogP contribution in [0.25, 0.3) is 0 Å². The summed E-state index contributed by atoms with van der Waals surface area (Å²) in [6.45, 7) is 8.56. The van der Waals surface area contributed by atoms with Gasteiger partial charge in [-0.2, -0.15) is 0 Å². The van der Waals surface area contributed by atoms with Gasteiger partial charge in [0.1, 0.15) is 5.60 Å². The second-order valence-electron chi connectivity index (χ2n) is 7.69. The first-order valence-corrected chi connectivity index (χ1v) is 8.38. The van der Waals surface area contributed by atoms with Crippen LogP contribution in [-0.2, 0) is 14.9 Å². The number of nitrogens with zero attached hydrogens (tertiary/aromatic N) is 1. The van der Waals surface area contributed by atoms with Crippen molar-refractivity contribution >= 4 is 12.1 Å². The quantitative estimate of drug-likeness (QED) is 0.915. The molecule has 0 aromatic heterocycles. The van der Waals surface area contributed by atoms with Crippen molar-refractivity contribution in [3.8, 4) is 0 Å². The fourth-order valence-electron chi connectivity index (χ4n) is 3.28. The maximum atomic E-state index is 12.2. The molecule has 5 heteroatoms. The Morgan fingerprint density at radius 1 is 1.25 bits per heavy atom. The number of carbonyl (C=O) groups is 2. The second kappa shape index (κ2) is 6.83. The molecule has 1 amide bonds. The summed E-state index contributed by atoms with van der Waals surface area (Å²) in [7, 11) is 0. The Morgan fingerprint density at radius 2 is 1.88 bits per heavy atom. The van der Waals surface area contributed by atoms with Gasteiger partial charge in [-0.1, -0.05) is 29.8 Å². The first-order chi connectivity index (χ1) is 11.1. The first kappa shape index (κ1) is 18.3. The van der Waals surface area contributed by atoms with E-state index in [0.29, 0.717) is 25.9 Å². The van der Waals surface area contributed by atoms with E-state index in [0.717, 1.165) is 11.1 Å². The largest absolute Gasteiger partial charge is 0.481 e. The lowest BCUT2D eigenvalue weighted by Gasteiger charge is -2.41. The fraction of sp³-hybridized carbons (Fsp3) is 0.579. The minimum Gasteiger partial charge on any atom is -0.481 e. The summed E-state index contributed by atoms with van der Waals surface area (Å²) in [6, 6.07) is 8.04. The standard InChI is InChI=1S/C19H27NO4/c1-14-6-5-7-15(12-14)19(13-16(21)22)8-10-20(11-9-19)17(23)24-18(2,3)4/h5-7,12H,8-11,13H2,1-4H3,(H,21,22). The number of ether oxygens (including phenoxy) is 1. The molecule has 1 N–H and O–H groups in total. The van der Waals surface area contributed by atoms with Gasteiger partial charge in [-0.3, -0.25) is 4.79 Å². The number of aryl methyl sites for hydroxylation is 1. The lowest BCUT2D eigenvalue weighted by Crippen LogP contribution is -2.47. The number of amides is 1. The van der Waals surface area contributed by atoms with Crippen LogP contribution < -0.4 is 0 Å². The number of rotatable bonds is 3. The average Bonchev–Trinajstić information content (AvgIpc) is 2.45. The highest BCUT2D eigenvalue weighted by Gasteiger charge is 2.40. The molecule has 0 atom stereocenters. The van der Waals surface area contributed by atoms with Gasteiger partial charge >= 0.3 is 12.1 Å². The molecule has 1 aliphatic heterocycles. The van der Waals surface area contributed by atoms with Crippen LogP contribution in [0.1, 0.15) is 51.2 Å². The molecule has 0 aliphatic carbocycles. The fourth-order valence-corrected chi connectivity index (χ4v) is 3.28. The zero-order valence-corrected chi connectivity index (χ0v) is 15.0. The summed E-state index contributed by atoms with van der Waals surface area (Å²) in [5.74, 6) is -0.803. The number of aliphatic carboxylic acids is 1. The van der Waals surface area contributed by atoms with Gasteiger partial charge in [0.05, 0.1) is 6.42 Å². The molecule has 1 fully saturated rings. The molecule has 1 aliphatic rings. The molecule has 0 spiro atoms. The van der Waals surface area contributed by atoms with Crippen molar-refractivity contribution in [1.82, 2.24) is 4.90 Å². The van der Waals surface area contributed by atoms with Gasteiger partial charge in [0, 0.05) is 18.5 Å². The van der Waals surface area contributed by atoms with Crippen LogP contribution in [0.15, 0.2) is 24.3 Å². The van der Waals surface area contributed by atoms with Gasteiger partial charge in [0.15, 0.2) is 0 Å². The Bertz CT molecular complexity index is 610. The maximum absolute atomic E-state index is 12.2. The number of hydrogen-bond acceptors (Lipinski definition) is 3. The van der Waals surface area contributed by atoms with E-state index >= 15 is 0 Å². The molecule has 5 nitrogen and oxygen atoms in total. The van der Waals surface area contributed by atoms with Crippen LogP contribution in [0.2, 0.25) is 0 Å². The van der Waals surface area contributed by atoms with Crippen LogP contribution in [-0.4, -0.2) is 40.8 Å². The molecule has 1 saturated heterocycles. The topological polar surface area (TPSA) is 66.8 Å². The molecule has 2 rings (SSSR count). The summed E-state index contributed by atoms with van der Waals surface area (Å²) < 4.78 is 5.42. The van der Waals surface area contributed by atoms with E-state index in [9.17, 15) is 14.7 Å². The van der Waals surface area contributed by atoms with Crippen molar-refractivity contribution < 1.29 is 19.4 Å². The summed E-state index contributed by atoms with van der Waals surface area (Å²) >= 11 is 0. The number of benzene rings is 1. The highest BCUT2D eigenvalue weighted by molar-refractivity contribution is 5.70. The third-order valence-corrected chi connectivity index (χ3v) is 4.49. The van der Waals surface area contributed by atoms with Crippen molar-refractivity contribution in [1.29, 1.82) is 0 Å². The van der Waals surface area contributed by atoms with Gasteiger partial charge in [-0.15, -0.1) is 0 Å². The lowest BCUT2D eigenvalue weighted by atomic mass is 9.70. The van der Waals surface area contributed by atoms with Gasteiger partial charge in [0.2, 0.25) is 0 Å². The Hall–Kier alpha value is -2.04. The van der Waals surface area contributed by atoms with Gasteiger partial charge < -0.3 is 14.7 Å². The molecule has 1 aromatic rings. The van der Waals surface area contributed by atoms with Gasteiger partial charge in [0.25, 0.3) is 0 Å². The van der Waals surface area contributed by atoms with E-state index in [1.54, 1.807) is 4.90 Å². The van der Waals surface area contributed by atoms with E-state index in [4.69, 9.17) is 4.74 Å². The Labute approximate surface area is 143 Å². The van der Waals surface area contributed by atoms with E-state index in [2.05, 4.69) is 6.07 Å². The summed E-state index contributed by atoms with van der Waals surface area (Å²) in [6.07, 6.45) is 1.01. The predicted molar refractivity (Wildman–Crippen MR) is 92.2 cm³/mol. The van der Waals surface area contributed by atoms with Crippen molar-refractivity contribution in [2.75, 3.05) is 13.1 Å². The van der Waals surface area contributed by atoms with Crippen LogP contribution in [0.5, 0.6) is 0 Å². The zero-order valence-electron chi connectivity index (χ0n) is 15.0. The highest BCUT2D eigenvalue weighted by atomic mass is 16.6. The van der Waals surface area contributed by atoms with Crippen LogP contribution in [0.3, 0.4) is 0 Å². The van der Waals surface area contributed by atoms with Crippen LogP contribution >= 0.6 is 0 Å². The number of carboxylic acids is 1. The molecule has 0 saturated carbocycles. The Morgan fingerprint density at radius 3 is 2.38 bits per heavy atom. The lowest BCUT2D eigenvalue weighted by molar-refractivity contribution is -0.139. The monoisotopic (exact) mass is 333 g/mol. The third-order valence-electron chi connectivity index (χ3n) is 4.49. The van der Waals surface area contributed by atoms with Crippen molar-refractivity contribution in [3.05, 3.63) is 35.4 Å². The number of piperidine rings is 1. The number of carbonyl (C=O) groups excluding carboxylic acids is 1. The number of likely N-dealkylation sites (tertiary alicyclic amines) is 1. The Balaban J connectivity index is 2.16. The van der Waals surface area contributed by atoms with Gasteiger partial charge in [-0.25, -0.2) is 4.79 Å². The van der Waals surface area contributed by atoms with E-state index in [-0.39, 0.29) is 12.5 Å². The summed E-state index contributed by atoms with van der Waals surface area (Å²) in [5.41, 5.74) is 1.22. The highest BCUT2D eigenvalue weighted by Crippen LogP contribution is 2.39. The van der Waals surface area contributed by atoms with E-state index in [1.165, 1.54) is 0 Å². The second-order valence-corrected chi connectivity index (χ2v) is 7.69. The third kappa shape index (κ3) is 4.49. The van der Waals surface area contributed by atoms with E-state index < -0.39 is 17.0 Å². The van der Waals surface area contributed by atoms with Crippen LogP contribution in [0.4, 0.5) is 4.79 Å². The molecule has 1 aromatic carbocycles. The smallest absolute Gasteiger partial charge is 0.410 e. The minimum absolute atomic E-state index is 0.0820. The van der Waals surface area contributed by atoms with Crippen molar-refractivity contribution in [2.45, 2.75) is 58.0 Å². The molecule has 1 heterocycles. The SMILES string of the molecule is Cc1cccc(C2(CC(=O)O)CCN(C(=O)OC(C)(C)C)CC2)c1. The first-order valence-electron chi connectivity index (χ1n) is 8.38. The molecule has 0 radical (unpaired) electrons. The number of hydrogen-bond donors (Lipinski definition) is 1. The molecule has 0 unspecified atom stereocenters. The molecular formula is C19H27NO4. The van der Waals surface area contributed by atoms with Crippen LogP contribution in [0, 0.1) is 6.92 Å². The Kier molecular flexibility index (Phi) is 5.21. The number of carboxylic acid groups (broad SMARTS) is 1. The van der Waals surface area contributed by atoms with Crippen molar-refractivity contribution in [2.24, 2.45) is 0 Å². The molecule has 0 bridgehead atoms. The van der Waals surface area contributed by atoms with Gasteiger partial charge in [-0.05, 0) is 46.1 Å². The molecular weight excluding hydrogens is 306 g/mol. The van der Waals surface area contributed by atoms with Crippen molar-refractivity contribution in [3.63, 3.8) is 0 Å². The molecule has 132 valence electrons. The van der Waals surface area contributed by atoms with E-state index in [1.807, 2.05) is 45.9 Å². The zero-order chi connectivity index (χ0) is 18.0. The summed E-state index contributed by atoms with van der Waals surface area (Å²) in [5, 5.41) is 9.38. The maximum Gasteiger partial charge on any atom is 0.410 e. The minimum atomic E-state index is -0.803. The summed E-state index contributed by atoms with van der Waals surface area (Å²) in [4.78, 5) is 25.3. The normalized spacial score (nSPS) is 17.4. The predicted octanol–water partition coefficient (Wildman–Crippen LogP) is 3.74. The molecule has 24 heavy (non-hydrogen) atoms. The average molecular weight is 333 g/mol.